The zero-order valence-corrected chi connectivity index (χ0v) is 13.3. The normalized spacial score (nSPS) is 22.1. The Morgan fingerprint density at radius 3 is 2.86 bits per heavy atom. The summed E-state index contributed by atoms with van der Waals surface area (Å²) >= 11 is 1.61. The maximum Gasteiger partial charge on any atom is 0.326 e. The lowest BCUT2D eigenvalue weighted by molar-refractivity contribution is -0.144. The van der Waals surface area contributed by atoms with Crippen LogP contribution in [0.3, 0.4) is 0 Å². The van der Waals surface area contributed by atoms with E-state index >= 15 is 0 Å². The van der Waals surface area contributed by atoms with Crippen LogP contribution in [0.1, 0.15) is 31.6 Å². The second-order valence-corrected chi connectivity index (χ2v) is 6.59. The number of aliphatic carboxylic acids is 1. The van der Waals surface area contributed by atoms with Gasteiger partial charge >= 0.3 is 12.0 Å². The van der Waals surface area contributed by atoms with Gasteiger partial charge in [-0.25, -0.2) is 9.59 Å². The minimum atomic E-state index is -0.901. The van der Waals surface area contributed by atoms with Gasteiger partial charge in [0.15, 0.2) is 0 Å². The zero-order chi connectivity index (χ0) is 15.4. The maximum atomic E-state index is 12.7. The summed E-state index contributed by atoms with van der Waals surface area (Å²) in [7, 11) is 0. The van der Waals surface area contributed by atoms with E-state index in [-0.39, 0.29) is 6.03 Å². The van der Waals surface area contributed by atoms with E-state index in [4.69, 9.17) is 0 Å². The number of carboxylic acids is 1. The van der Waals surface area contributed by atoms with Gasteiger partial charge in [-0.3, -0.25) is 0 Å². The highest BCUT2D eigenvalue weighted by Gasteiger charge is 2.36. The van der Waals surface area contributed by atoms with Gasteiger partial charge in [0.2, 0.25) is 0 Å². The van der Waals surface area contributed by atoms with Crippen LogP contribution in [0, 0.1) is 5.92 Å². The Morgan fingerprint density at radius 1 is 1.52 bits per heavy atom. The molecule has 5 nitrogen and oxygen atoms in total. The molecule has 1 aliphatic heterocycles. The molecule has 0 aliphatic carbocycles. The third-order valence-electron chi connectivity index (χ3n) is 3.97. The van der Waals surface area contributed by atoms with Gasteiger partial charge in [0.1, 0.15) is 6.04 Å². The molecular weight excluding hydrogens is 288 g/mol. The lowest BCUT2D eigenvalue weighted by Crippen LogP contribution is -2.54. The van der Waals surface area contributed by atoms with Crippen molar-refractivity contribution in [2.45, 2.75) is 39.3 Å². The molecule has 2 rings (SSSR count). The van der Waals surface area contributed by atoms with Gasteiger partial charge in [0.05, 0.1) is 6.54 Å². The molecule has 6 heteroatoms. The first-order valence-electron chi connectivity index (χ1n) is 7.33. The van der Waals surface area contributed by atoms with E-state index < -0.39 is 12.0 Å². The number of rotatable bonds is 4. The molecule has 2 heterocycles. The standard InChI is InChI=1S/C15H22N2O3S/c1-3-16(10-12-5-4-8-21-12)15(20)17-7-6-11(2)9-13(17)14(18)19/h4-5,8,11,13H,3,6-7,9-10H2,1-2H3,(H,18,19). The van der Waals surface area contributed by atoms with E-state index in [1.54, 1.807) is 16.2 Å². The first-order chi connectivity index (χ1) is 10.0. The fourth-order valence-corrected chi connectivity index (χ4v) is 3.41. The molecule has 1 aromatic rings. The molecule has 1 saturated heterocycles. The number of hydrogen-bond acceptors (Lipinski definition) is 3. The van der Waals surface area contributed by atoms with Gasteiger partial charge in [0.25, 0.3) is 0 Å². The maximum absolute atomic E-state index is 12.7. The van der Waals surface area contributed by atoms with E-state index in [0.29, 0.717) is 32.0 Å². The molecule has 1 aromatic heterocycles. The highest BCUT2D eigenvalue weighted by molar-refractivity contribution is 7.09. The number of likely N-dealkylation sites (tertiary alicyclic amines) is 1. The second kappa shape index (κ2) is 6.93. The number of amides is 2. The number of nitrogens with zero attached hydrogens (tertiary/aromatic N) is 2. The van der Waals surface area contributed by atoms with E-state index in [1.807, 2.05) is 31.4 Å². The van der Waals surface area contributed by atoms with E-state index in [1.165, 1.54) is 4.90 Å². The number of piperidine rings is 1. The van der Waals surface area contributed by atoms with Crippen molar-refractivity contribution < 1.29 is 14.7 Å². The van der Waals surface area contributed by atoms with Gasteiger partial charge in [-0.15, -0.1) is 11.3 Å². The Bertz CT molecular complexity index is 489. The van der Waals surface area contributed by atoms with Gasteiger partial charge in [-0.1, -0.05) is 13.0 Å². The Kier molecular flexibility index (Phi) is 5.22. The molecule has 1 fully saturated rings. The van der Waals surface area contributed by atoms with Crippen LogP contribution in [0.5, 0.6) is 0 Å². The van der Waals surface area contributed by atoms with Gasteiger partial charge < -0.3 is 14.9 Å². The van der Waals surface area contributed by atoms with E-state index in [9.17, 15) is 14.7 Å². The SMILES string of the molecule is CCN(Cc1cccs1)C(=O)N1CCC(C)CC1C(=O)O. The first kappa shape index (κ1) is 15.8. The van der Waals surface area contributed by atoms with E-state index in [0.717, 1.165) is 11.3 Å². The summed E-state index contributed by atoms with van der Waals surface area (Å²) < 4.78 is 0. The van der Waals surface area contributed by atoms with Crippen molar-refractivity contribution in [3.63, 3.8) is 0 Å². The van der Waals surface area contributed by atoms with Gasteiger partial charge in [0, 0.05) is 18.0 Å². The van der Waals surface area contributed by atoms with Crippen molar-refractivity contribution in [3.05, 3.63) is 22.4 Å². The Labute approximate surface area is 129 Å². The van der Waals surface area contributed by atoms with Crippen LogP contribution in [0.15, 0.2) is 17.5 Å². The molecule has 2 amide bonds. The second-order valence-electron chi connectivity index (χ2n) is 5.55. The molecule has 0 saturated carbocycles. The monoisotopic (exact) mass is 310 g/mol. The minimum Gasteiger partial charge on any atom is -0.480 e. The van der Waals surface area contributed by atoms with Gasteiger partial charge in [-0.05, 0) is 37.1 Å². The third-order valence-corrected chi connectivity index (χ3v) is 4.84. The summed E-state index contributed by atoms with van der Waals surface area (Å²) in [6, 6.07) is 3.10. The fourth-order valence-electron chi connectivity index (χ4n) is 2.69. The minimum absolute atomic E-state index is 0.162. The van der Waals surface area contributed by atoms with Crippen molar-refractivity contribution in [2.24, 2.45) is 5.92 Å². The summed E-state index contributed by atoms with van der Waals surface area (Å²) in [5, 5.41) is 11.4. The number of carbonyl (C=O) groups excluding carboxylic acids is 1. The van der Waals surface area contributed by atoms with Crippen LogP contribution in [-0.2, 0) is 11.3 Å². The van der Waals surface area contributed by atoms with Crippen LogP contribution in [0.2, 0.25) is 0 Å². The average Bonchev–Trinajstić information content (AvgIpc) is 2.97. The first-order valence-corrected chi connectivity index (χ1v) is 8.21. The fraction of sp³-hybridized carbons (Fsp3) is 0.600. The van der Waals surface area contributed by atoms with Gasteiger partial charge in [-0.2, -0.15) is 0 Å². The molecule has 2 unspecified atom stereocenters. The lowest BCUT2D eigenvalue weighted by atomic mass is 9.92. The molecule has 0 radical (unpaired) electrons. The summed E-state index contributed by atoms with van der Waals surface area (Å²) in [5.74, 6) is -0.551. The zero-order valence-electron chi connectivity index (χ0n) is 12.5. The number of urea groups is 1. The van der Waals surface area contributed by atoms with Crippen molar-refractivity contribution in [1.29, 1.82) is 0 Å². The molecule has 1 N–H and O–H groups in total. The van der Waals surface area contributed by atoms with Crippen LogP contribution in [0.25, 0.3) is 0 Å². The molecule has 0 bridgehead atoms. The number of carboxylic acid groups (broad SMARTS) is 1. The van der Waals surface area contributed by atoms with Crippen LogP contribution in [0.4, 0.5) is 4.79 Å². The predicted molar refractivity (Wildman–Crippen MR) is 82.3 cm³/mol. The lowest BCUT2D eigenvalue weighted by Gasteiger charge is -2.38. The average molecular weight is 310 g/mol. The molecule has 116 valence electrons. The Hall–Kier alpha value is -1.56. The molecule has 0 spiro atoms. The quantitative estimate of drug-likeness (QED) is 0.930. The highest BCUT2D eigenvalue weighted by Crippen LogP contribution is 2.24. The van der Waals surface area contributed by atoms with Crippen LogP contribution < -0.4 is 0 Å². The number of hydrogen-bond donors (Lipinski definition) is 1. The number of thiophene rings is 1. The molecule has 2 atom stereocenters. The van der Waals surface area contributed by atoms with Crippen LogP contribution >= 0.6 is 11.3 Å². The topological polar surface area (TPSA) is 60.9 Å². The van der Waals surface area contributed by atoms with Crippen LogP contribution in [-0.4, -0.2) is 46.0 Å². The van der Waals surface area contributed by atoms with E-state index in [2.05, 4.69) is 0 Å². The largest absolute Gasteiger partial charge is 0.480 e. The summed E-state index contributed by atoms with van der Waals surface area (Å²) in [4.78, 5) is 28.5. The van der Waals surface area contributed by atoms with Crippen molar-refractivity contribution in [3.8, 4) is 0 Å². The third kappa shape index (κ3) is 3.75. The highest BCUT2D eigenvalue weighted by atomic mass is 32.1. The molecular formula is C15H22N2O3S. The van der Waals surface area contributed by atoms with Crippen molar-refractivity contribution >= 4 is 23.3 Å². The summed E-state index contributed by atoms with van der Waals surface area (Å²) in [6.07, 6.45) is 1.41. The number of carbonyl (C=O) groups is 2. The van der Waals surface area contributed by atoms with Crippen molar-refractivity contribution in [2.75, 3.05) is 13.1 Å². The molecule has 21 heavy (non-hydrogen) atoms. The smallest absolute Gasteiger partial charge is 0.326 e. The summed E-state index contributed by atoms with van der Waals surface area (Å²) in [6.45, 7) is 5.62. The predicted octanol–water partition coefficient (Wildman–Crippen LogP) is 2.88. The van der Waals surface area contributed by atoms with Crippen molar-refractivity contribution in [1.82, 2.24) is 9.80 Å². The Balaban J connectivity index is 2.09. The summed E-state index contributed by atoms with van der Waals surface area (Å²) in [5.41, 5.74) is 0. The molecule has 0 aromatic carbocycles. The Morgan fingerprint density at radius 2 is 2.29 bits per heavy atom. The molecule has 1 aliphatic rings.